The van der Waals surface area contributed by atoms with Gasteiger partial charge in [0.25, 0.3) is 0 Å². The summed E-state index contributed by atoms with van der Waals surface area (Å²) in [5.41, 5.74) is 2.15. The first-order valence-corrected chi connectivity index (χ1v) is 7.61. The first-order valence-electron chi connectivity index (χ1n) is 7.23. The number of piperazine rings is 1. The molecule has 2 heterocycles. The Morgan fingerprint density at radius 1 is 1.00 bits per heavy atom. The molecule has 1 aromatic heterocycles. The van der Waals surface area contributed by atoms with Crippen LogP contribution in [0, 0.1) is 6.92 Å². The Balaban J connectivity index is 1.58. The summed E-state index contributed by atoms with van der Waals surface area (Å²) in [4.78, 5) is 4.72. The molecule has 3 rings (SSSR count). The van der Waals surface area contributed by atoms with Crippen LogP contribution in [0.25, 0.3) is 0 Å². The molecular formula is C16H19ClN4. The second-order valence-corrected chi connectivity index (χ2v) is 5.79. The van der Waals surface area contributed by atoms with Gasteiger partial charge in [0.15, 0.2) is 5.82 Å². The summed E-state index contributed by atoms with van der Waals surface area (Å²) in [6.45, 7) is 6.84. The second kappa shape index (κ2) is 6.41. The third-order valence-electron chi connectivity index (χ3n) is 3.83. The molecule has 5 heteroatoms. The lowest BCUT2D eigenvalue weighted by Crippen LogP contribution is -2.46. The van der Waals surface area contributed by atoms with Crippen molar-refractivity contribution in [3.63, 3.8) is 0 Å². The van der Waals surface area contributed by atoms with E-state index in [-0.39, 0.29) is 0 Å². The Morgan fingerprint density at radius 2 is 1.76 bits per heavy atom. The lowest BCUT2D eigenvalue weighted by Gasteiger charge is -2.35. The summed E-state index contributed by atoms with van der Waals surface area (Å²) in [5.74, 6) is 0.970. The predicted molar refractivity (Wildman–Crippen MR) is 85.7 cm³/mol. The number of nitrogens with zero attached hydrogens (tertiary/aromatic N) is 4. The van der Waals surface area contributed by atoms with Crippen molar-refractivity contribution in [1.82, 2.24) is 15.1 Å². The molecule has 21 heavy (non-hydrogen) atoms. The van der Waals surface area contributed by atoms with E-state index in [1.807, 2.05) is 37.3 Å². The topological polar surface area (TPSA) is 32.3 Å². The highest BCUT2D eigenvalue weighted by Crippen LogP contribution is 2.19. The summed E-state index contributed by atoms with van der Waals surface area (Å²) in [6, 6.07) is 12.1. The Bertz CT molecular complexity index is 591. The number of hydrogen-bond donors (Lipinski definition) is 0. The third-order valence-corrected chi connectivity index (χ3v) is 4.20. The van der Waals surface area contributed by atoms with Crippen LogP contribution in [0.15, 0.2) is 36.4 Å². The van der Waals surface area contributed by atoms with Gasteiger partial charge in [0.2, 0.25) is 0 Å². The number of aromatic nitrogens is 2. The maximum atomic E-state index is 6.23. The van der Waals surface area contributed by atoms with Crippen LogP contribution in [0.1, 0.15) is 11.3 Å². The summed E-state index contributed by atoms with van der Waals surface area (Å²) < 4.78 is 0. The number of anilines is 1. The van der Waals surface area contributed by atoms with Crippen LogP contribution in [0.3, 0.4) is 0 Å². The lowest BCUT2D eigenvalue weighted by atomic mass is 10.2. The summed E-state index contributed by atoms with van der Waals surface area (Å²) in [6.07, 6.45) is 0. The first-order chi connectivity index (χ1) is 10.2. The summed E-state index contributed by atoms with van der Waals surface area (Å²) in [5, 5.41) is 9.24. The minimum Gasteiger partial charge on any atom is -0.353 e. The van der Waals surface area contributed by atoms with Gasteiger partial charge < -0.3 is 4.90 Å². The van der Waals surface area contributed by atoms with Gasteiger partial charge in [0.05, 0.1) is 5.69 Å². The Labute approximate surface area is 130 Å². The highest BCUT2D eigenvalue weighted by Gasteiger charge is 2.18. The monoisotopic (exact) mass is 302 g/mol. The van der Waals surface area contributed by atoms with E-state index in [9.17, 15) is 0 Å². The Kier molecular flexibility index (Phi) is 4.36. The molecule has 1 aliphatic heterocycles. The fourth-order valence-corrected chi connectivity index (χ4v) is 2.76. The molecule has 0 atom stereocenters. The van der Waals surface area contributed by atoms with Crippen LogP contribution in [-0.4, -0.2) is 41.3 Å². The van der Waals surface area contributed by atoms with E-state index in [0.29, 0.717) is 0 Å². The molecule has 0 aliphatic carbocycles. The molecule has 0 amide bonds. The average molecular weight is 303 g/mol. The minimum absolute atomic E-state index is 0.851. The molecule has 1 aromatic carbocycles. The van der Waals surface area contributed by atoms with Gasteiger partial charge in [-0.05, 0) is 30.7 Å². The smallest absolute Gasteiger partial charge is 0.151 e. The number of halogens is 1. The van der Waals surface area contributed by atoms with Crippen molar-refractivity contribution >= 4 is 17.4 Å². The van der Waals surface area contributed by atoms with Crippen molar-refractivity contribution in [1.29, 1.82) is 0 Å². The summed E-state index contributed by atoms with van der Waals surface area (Å²) in [7, 11) is 0. The van der Waals surface area contributed by atoms with Gasteiger partial charge in [-0.3, -0.25) is 4.90 Å². The quantitative estimate of drug-likeness (QED) is 0.873. The number of hydrogen-bond acceptors (Lipinski definition) is 4. The van der Waals surface area contributed by atoms with Crippen molar-refractivity contribution in [2.45, 2.75) is 13.5 Å². The first kappa shape index (κ1) is 14.3. The molecule has 0 N–H and O–H groups in total. The van der Waals surface area contributed by atoms with E-state index in [2.05, 4.69) is 26.1 Å². The van der Waals surface area contributed by atoms with Crippen LogP contribution in [0.4, 0.5) is 5.82 Å². The van der Waals surface area contributed by atoms with Crippen LogP contribution in [-0.2, 0) is 6.54 Å². The average Bonchev–Trinajstić information content (AvgIpc) is 2.51. The Morgan fingerprint density at radius 3 is 2.43 bits per heavy atom. The zero-order chi connectivity index (χ0) is 14.7. The van der Waals surface area contributed by atoms with E-state index in [1.54, 1.807) is 0 Å². The van der Waals surface area contributed by atoms with Gasteiger partial charge in [-0.25, -0.2) is 0 Å². The van der Waals surface area contributed by atoms with Crippen molar-refractivity contribution in [3.8, 4) is 0 Å². The van der Waals surface area contributed by atoms with Gasteiger partial charge in [0.1, 0.15) is 0 Å². The van der Waals surface area contributed by atoms with E-state index in [1.165, 1.54) is 5.56 Å². The van der Waals surface area contributed by atoms with Crippen LogP contribution in [0.2, 0.25) is 5.02 Å². The van der Waals surface area contributed by atoms with Gasteiger partial charge in [-0.2, -0.15) is 5.10 Å². The van der Waals surface area contributed by atoms with Crippen molar-refractivity contribution < 1.29 is 0 Å². The minimum atomic E-state index is 0.851. The SMILES string of the molecule is Cc1ccc(N2CCN(Cc3ccccc3Cl)CC2)nn1. The molecule has 0 spiro atoms. The van der Waals surface area contributed by atoms with Crippen molar-refractivity contribution in [3.05, 3.63) is 52.7 Å². The number of rotatable bonds is 3. The zero-order valence-corrected chi connectivity index (χ0v) is 12.9. The molecule has 110 valence electrons. The standard InChI is InChI=1S/C16H19ClN4/c1-13-6-7-16(19-18-13)21-10-8-20(9-11-21)12-14-4-2-3-5-15(14)17/h2-7H,8-12H2,1H3. The molecule has 0 saturated carbocycles. The van der Waals surface area contributed by atoms with E-state index < -0.39 is 0 Å². The normalized spacial score (nSPS) is 16.2. The highest BCUT2D eigenvalue weighted by atomic mass is 35.5. The van der Waals surface area contributed by atoms with Crippen molar-refractivity contribution in [2.75, 3.05) is 31.1 Å². The molecule has 0 unspecified atom stereocenters. The van der Waals surface area contributed by atoms with E-state index in [4.69, 9.17) is 11.6 Å². The zero-order valence-electron chi connectivity index (χ0n) is 12.2. The molecule has 1 fully saturated rings. The van der Waals surface area contributed by atoms with Gasteiger partial charge >= 0.3 is 0 Å². The fraction of sp³-hybridized carbons (Fsp3) is 0.375. The van der Waals surface area contributed by atoms with Crippen molar-refractivity contribution in [2.24, 2.45) is 0 Å². The highest BCUT2D eigenvalue weighted by molar-refractivity contribution is 6.31. The maximum absolute atomic E-state index is 6.23. The van der Waals surface area contributed by atoms with Crippen LogP contribution >= 0.6 is 11.6 Å². The largest absolute Gasteiger partial charge is 0.353 e. The second-order valence-electron chi connectivity index (χ2n) is 5.39. The van der Waals surface area contributed by atoms with Gasteiger partial charge in [-0.15, -0.1) is 5.10 Å². The molecule has 0 radical (unpaired) electrons. The van der Waals surface area contributed by atoms with Crippen LogP contribution in [0.5, 0.6) is 0 Å². The molecule has 2 aromatic rings. The molecule has 1 saturated heterocycles. The van der Waals surface area contributed by atoms with E-state index in [0.717, 1.165) is 49.3 Å². The Hall–Kier alpha value is -1.65. The van der Waals surface area contributed by atoms with Crippen LogP contribution < -0.4 is 4.90 Å². The van der Waals surface area contributed by atoms with Gasteiger partial charge in [0, 0.05) is 37.7 Å². The predicted octanol–water partition coefficient (Wildman–Crippen LogP) is 2.76. The summed E-state index contributed by atoms with van der Waals surface area (Å²) >= 11 is 6.23. The number of aryl methyl sites for hydroxylation is 1. The number of benzene rings is 1. The van der Waals surface area contributed by atoms with Gasteiger partial charge in [-0.1, -0.05) is 29.8 Å². The van der Waals surface area contributed by atoms with E-state index >= 15 is 0 Å². The maximum Gasteiger partial charge on any atom is 0.151 e. The fourth-order valence-electron chi connectivity index (χ4n) is 2.56. The molecular weight excluding hydrogens is 284 g/mol. The third kappa shape index (κ3) is 3.52. The lowest BCUT2D eigenvalue weighted by molar-refractivity contribution is 0.249. The molecule has 1 aliphatic rings. The molecule has 0 bridgehead atoms. The molecule has 4 nitrogen and oxygen atoms in total.